The monoisotopic (exact) mass is 943 g/mol. The van der Waals surface area contributed by atoms with Crippen LogP contribution in [0.1, 0.15) is 329 Å². The summed E-state index contributed by atoms with van der Waals surface area (Å²) < 4.78 is 16.9. The average molecular weight is 944 g/mol. The van der Waals surface area contributed by atoms with Gasteiger partial charge in [0, 0.05) is 19.3 Å². The lowest BCUT2D eigenvalue weighted by Gasteiger charge is -2.18. The van der Waals surface area contributed by atoms with Crippen LogP contribution < -0.4 is 0 Å². The topological polar surface area (TPSA) is 78.9 Å². The number of ether oxygens (including phenoxy) is 3. The Morgan fingerprint density at radius 2 is 0.493 bits per heavy atom. The molecule has 0 bridgehead atoms. The van der Waals surface area contributed by atoms with Gasteiger partial charge in [0.2, 0.25) is 0 Å². The molecule has 6 nitrogen and oxygen atoms in total. The molecule has 0 heterocycles. The minimum absolute atomic E-state index is 0.0681. The molecule has 0 saturated carbocycles. The highest BCUT2D eigenvalue weighted by Gasteiger charge is 2.19. The van der Waals surface area contributed by atoms with E-state index in [1.165, 1.54) is 231 Å². The number of hydrogen-bond donors (Lipinski definition) is 0. The van der Waals surface area contributed by atoms with Crippen LogP contribution in [0.4, 0.5) is 0 Å². The molecule has 0 aliphatic heterocycles. The number of rotatable bonds is 55. The first-order valence-electron chi connectivity index (χ1n) is 29.8. The Morgan fingerprint density at radius 3 is 0.761 bits per heavy atom. The van der Waals surface area contributed by atoms with E-state index in [0.29, 0.717) is 19.3 Å². The van der Waals surface area contributed by atoms with E-state index < -0.39 is 6.10 Å². The van der Waals surface area contributed by atoms with Crippen molar-refractivity contribution in [3.8, 4) is 0 Å². The molecule has 0 aromatic carbocycles. The highest BCUT2D eigenvalue weighted by molar-refractivity contribution is 5.71. The van der Waals surface area contributed by atoms with E-state index >= 15 is 0 Å². The molecule has 394 valence electrons. The fraction of sp³-hybridized carbons (Fsp3) is 0.885. The van der Waals surface area contributed by atoms with Gasteiger partial charge >= 0.3 is 17.9 Å². The van der Waals surface area contributed by atoms with Gasteiger partial charge in [0.25, 0.3) is 0 Å². The van der Waals surface area contributed by atoms with Gasteiger partial charge in [-0.3, -0.25) is 14.4 Å². The maximum absolute atomic E-state index is 12.9. The van der Waals surface area contributed by atoms with Crippen molar-refractivity contribution < 1.29 is 28.6 Å². The molecular formula is C61H114O6. The fourth-order valence-corrected chi connectivity index (χ4v) is 8.91. The van der Waals surface area contributed by atoms with Gasteiger partial charge in [0.15, 0.2) is 6.10 Å². The molecule has 67 heavy (non-hydrogen) atoms. The maximum Gasteiger partial charge on any atom is 0.306 e. The van der Waals surface area contributed by atoms with Crippen molar-refractivity contribution in [1.82, 2.24) is 0 Å². The van der Waals surface area contributed by atoms with E-state index in [2.05, 4.69) is 45.1 Å². The summed E-state index contributed by atoms with van der Waals surface area (Å²) in [7, 11) is 0. The van der Waals surface area contributed by atoms with Gasteiger partial charge in [-0.1, -0.05) is 263 Å². The molecule has 0 saturated heterocycles. The zero-order chi connectivity index (χ0) is 48.6. The number of allylic oxidation sites excluding steroid dienone is 4. The second-order valence-electron chi connectivity index (χ2n) is 20.3. The molecule has 0 unspecified atom stereocenters. The number of carbonyl (C=O) groups is 3. The van der Waals surface area contributed by atoms with Crippen LogP contribution in [0.25, 0.3) is 0 Å². The Balaban J connectivity index is 4.29. The highest BCUT2D eigenvalue weighted by atomic mass is 16.6. The second kappa shape index (κ2) is 56.5. The van der Waals surface area contributed by atoms with Gasteiger partial charge < -0.3 is 14.2 Å². The molecule has 0 radical (unpaired) electrons. The van der Waals surface area contributed by atoms with Crippen molar-refractivity contribution in [3.05, 3.63) is 24.3 Å². The zero-order valence-electron chi connectivity index (χ0n) is 45.2. The Labute approximate surface area is 417 Å². The molecule has 0 N–H and O–H groups in total. The van der Waals surface area contributed by atoms with Crippen molar-refractivity contribution in [2.24, 2.45) is 0 Å². The predicted molar refractivity (Wildman–Crippen MR) is 289 cm³/mol. The smallest absolute Gasteiger partial charge is 0.306 e. The summed E-state index contributed by atoms with van der Waals surface area (Å²) in [6, 6.07) is 0. The van der Waals surface area contributed by atoms with E-state index in [4.69, 9.17) is 14.2 Å². The standard InChI is InChI=1S/C61H114O6/c1-4-7-10-13-16-19-22-25-27-28-29-30-31-32-34-37-40-43-46-49-52-55-61(64)67-58(56-65-59(62)53-50-47-44-41-38-35-24-21-18-15-12-9-6-3)57-66-60(63)54-51-48-45-42-39-36-33-26-23-20-17-14-11-8-5-2/h20,23,25,27,58H,4-19,21-22,24,26,28-57H2,1-3H3/b23-20-,27-25-/t58-/m0/s1. The van der Waals surface area contributed by atoms with Crippen LogP contribution in [-0.2, 0) is 28.6 Å². The molecule has 0 aliphatic carbocycles. The Hall–Kier alpha value is -2.11. The van der Waals surface area contributed by atoms with Crippen molar-refractivity contribution in [2.45, 2.75) is 335 Å². The lowest BCUT2D eigenvalue weighted by atomic mass is 10.0. The van der Waals surface area contributed by atoms with Crippen LogP contribution in [0.15, 0.2) is 24.3 Å². The fourth-order valence-electron chi connectivity index (χ4n) is 8.91. The SMILES string of the molecule is CCCCCC/C=C\CCCCCCCCCC(=O)OC[C@H](COC(=O)CCCCCCCCCCCCCCC)OC(=O)CCCCCCCCCCCCC/C=C\CCCCCCCC. The first-order chi connectivity index (χ1) is 33.0. The van der Waals surface area contributed by atoms with Gasteiger partial charge in [-0.05, 0) is 70.6 Å². The molecule has 0 aromatic rings. The number of hydrogen-bond acceptors (Lipinski definition) is 6. The Kier molecular flexibility index (Phi) is 54.7. The summed E-state index contributed by atoms with van der Waals surface area (Å²) in [6.45, 7) is 6.67. The first kappa shape index (κ1) is 64.9. The van der Waals surface area contributed by atoms with Gasteiger partial charge in [-0.15, -0.1) is 0 Å². The zero-order valence-corrected chi connectivity index (χ0v) is 45.2. The van der Waals surface area contributed by atoms with E-state index in [9.17, 15) is 14.4 Å². The largest absolute Gasteiger partial charge is 0.462 e. The Morgan fingerprint density at radius 1 is 0.284 bits per heavy atom. The molecule has 0 fully saturated rings. The number of unbranched alkanes of at least 4 members (excludes halogenated alkanes) is 40. The number of esters is 3. The van der Waals surface area contributed by atoms with Gasteiger partial charge in [-0.2, -0.15) is 0 Å². The third-order valence-electron chi connectivity index (χ3n) is 13.4. The summed E-state index contributed by atoms with van der Waals surface area (Å²) in [5.41, 5.74) is 0. The van der Waals surface area contributed by atoms with Gasteiger partial charge in [0.05, 0.1) is 0 Å². The molecule has 0 rings (SSSR count). The van der Waals surface area contributed by atoms with Crippen molar-refractivity contribution in [3.63, 3.8) is 0 Å². The van der Waals surface area contributed by atoms with E-state index in [0.717, 1.165) is 57.8 Å². The minimum Gasteiger partial charge on any atom is -0.462 e. The van der Waals surface area contributed by atoms with Crippen LogP contribution in [0.2, 0.25) is 0 Å². The van der Waals surface area contributed by atoms with Crippen molar-refractivity contribution in [2.75, 3.05) is 13.2 Å². The number of carbonyl (C=O) groups excluding carboxylic acids is 3. The molecular weight excluding hydrogens is 829 g/mol. The lowest BCUT2D eigenvalue weighted by molar-refractivity contribution is -0.167. The summed E-state index contributed by atoms with van der Waals surface area (Å²) in [5, 5.41) is 0. The maximum atomic E-state index is 12.9. The normalized spacial score (nSPS) is 12.1. The molecule has 6 heteroatoms. The van der Waals surface area contributed by atoms with E-state index in [1.54, 1.807) is 0 Å². The third kappa shape index (κ3) is 54.7. The molecule has 1 atom stereocenters. The molecule has 0 aromatic heterocycles. The van der Waals surface area contributed by atoms with Gasteiger partial charge in [0.1, 0.15) is 13.2 Å². The second-order valence-corrected chi connectivity index (χ2v) is 20.3. The van der Waals surface area contributed by atoms with Crippen LogP contribution in [0.5, 0.6) is 0 Å². The predicted octanol–water partition coefficient (Wildman–Crippen LogP) is 19.9. The molecule has 0 aliphatic rings. The summed E-state index contributed by atoms with van der Waals surface area (Å²) in [4.78, 5) is 38.2. The van der Waals surface area contributed by atoms with Crippen LogP contribution in [-0.4, -0.2) is 37.2 Å². The summed E-state index contributed by atoms with van der Waals surface area (Å²) in [5.74, 6) is -0.852. The summed E-state index contributed by atoms with van der Waals surface area (Å²) in [6.07, 6.45) is 66.0. The lowest BCUT2D eigenvalue weighted by Crippen LogP contribution is -2.30. The van der Waals surface area contributed by atoms with Crippen molar-refractivity contribution >= 4 is 17.9 Å². The van der Waals surface area contributed by atoms with E-state index in [1.807, 2.05) is 0 Å². The average Bonchev–Trinajstić information content (AvgIpc) is 3.33. The highest BCUT2D eigenvalue weighted by Crippen LogP contribution is 2.17. The van der Waals surface area contributed by atoms with Crippen LogP contribution >= 0.6 is 0 Å². The van der Waals surface area contributed by atoms with Crippen molar-refractivity contribution in [1.29, 1.82) is 0 Å². The summed E-state index contributed by atoms with van der Waals surface area (Å²) >= 11 is 0. The molecule has 0 amide bonds. The van der Waals surface area contributed by atoms with Gasteiger partial charge in [-0.25, -0.2) is 0 Å². The van der Waals surface area contributed by atoms with Crippen LogP contribution in [0, 0.1) is 0 Å². The third-order valence-corrected chi connectivity index (χ3v) is 13.4. The van der Waals surface area contributed by atoms with E-state index in [-0.39, 0.29) is 31.1 Å². The molecule has 0 spiro atoms. The quantitative estimate of drug-likeness (QED) is 0.0262. The first-order valence-corrected chi connectivity index (χ1v) is 29.8. The Bertz CT molecular complexity index is 1080. The minimum atomic E-state index is -0.769. The van der Waals surface area contributed by atoms with Crippen LogP contribution in [0.3, 0.4) is 0 Å².